The minimum Gasteiger partial charge on any atom is -0.266 e. The molecule has 0 bridgehead atoms. The number of amides is 1. The molecular formula is C8H3BrClNOS. The Balaban J connectivity index is 3.22. The van der Waals surface area contributed by atoms with Gasteiger partial charge >= 0.3 is 0 Å². The van der Waals surface area contributed by atoms with Crippen molar-refractivity contribution in [2.75, 3.05) is 0 Å². The molecule has 0 aromatic heterocycles. The molecule has 66 valence electrons. The Bertz CT molecular complexity index is 401. The maximum atomic E-state index is 11.2. The molecule has 1 amide bonds. The highest BCUT2D eigenvalue weighted by Crippen LogP contribution is 2.26. The van der Waals surface area contributed by atoms with Crippen LogP contribution in [0.1, 0.15) is 10.4 Å². The fraction of sp³-hybridized carbons (Fsp3) is 0. The minimum atomic E-state index is -0.485. The van der Waals surface area contributed by atoms with Gasteiger partial charge < -0.3 is 0 Å². The second-order valence-corrected chi connectivity index (χ2v) is 3.52. The highest BCUT2D eigenvalue weighted by Gasteiger charge is 2.10. The number of benzene rings is 1. The maximum Gasteiger partial charge on any atom is 0.287 e. The summed E-state index contributed by atoms with van der Waals surface area (Å²) in [5.74, 6) is -0.485. The van der Waals surface area contributed by atoms with Crippen LogP contribution in [-0.2, 0) is 0 Å². The summed E-state index contributed by atoms with van der Waals surface area (Å²) in [6.07, 6.45) is 0. The Kier molecular flexibility index (Phi) is 3.75. The number of thiocarbonyl (C=S) groups is 1. The van der Waals surface area contributed by atoms with E-state index in [9.17, 15) is 4.79 Å². The van der Waals surface area contributed by atoms with Crippen LogP contribution in [0.4, 0.5) is 0 Å². The smallest absolute Gasteiger partial charge is 0.266 e. The summed E-state index contributed by atoms with van der Waals surface area (Å²) in [6.45, 7) is 0. The average Bonchev–Trinajstić information content (AvgIpc) is 2.10. The summed E-state index contributed by atoms with van der Waals surface area (Å²) in [7, 11) is 0. The van der Waals surface area contributed by atoms with E-state index in [4.69, 9.17) is 11.6 Å². The van der Waals surface area contributed by atoms with Crippen LogP contribution in [0.5, 0.6) is 0 Å². The molecule has 0 aliphatic rings. The van der Waals surface area contributed by atoms with Gasteiger partial charge in [0.2, 0.25) is 0 Å². The zero-order chi connectivity index (χ0) is 9.84. The average molecular weight is 277 g/mol. The number of isothiocyanates is 1. The highest BCUT2D eigenvalue weighted by atomic mass is 79.9. The lowest BCUT2D eigenvalue weighted by Gasteiger charge is -1.99. The van der Waals surface area contributed by atoms with Crippen LogP contribution in [0.3, 0.4) is 0 Å². The van der Waals surface area contributed by atoms with Crippen LogP contribution >= 0.6 is 39.7 Å². The summed E-state index contributed by atoms with van der Waals surface area (Å²) in [4.78, 5) is 14.5. The third kappa shape index (κ3) is 2.45. The van der Waals surface area contributed by atoms with Gasteiger partial charge in [-0.25, -0.2) is 0 Å². The van der Waals surface area contributed by atoms with Crippen molar-refractivity contribution in [1.82, 2.24) is 0 Å². The third-order valence-corrected chi connectivity index (χ3v) is 2.72. The van der Waals surface area contributed by atoms with Crippen molar-refractivity contribution in [2.45, 2.75) is 0 Å². The number of halogens is 2. The Labute approximate surface area is 93.7 Å². The molecule has 2 nitrogen and oxygen atoms in total. The normalized spacial score (nSPS) is 9.08. The summed E-state index contributed by atoms with van der Waals surface area (Å²) in [5.41, 5.74) is 0.313. The van der Waals surface area contributed by atoms with Gasteiger partial charge in [0.15, 0.2) is 0 Å². The molecule has 1 aromatic carbocycles. The zero-order valence-electron chi connectivity index (χ0n) is 6.25. The molecule has 0 spiro atoms. The van der Waals surface area contributed by atoms with E-state index in [1.807, 2.05) is 5.16 Å². The SMILES string of the molecule is O=C(N=C=S)c1cccc(Br)c1Cl. The summed E-state index contributed by atoms with van der Waals surface area (Å²) >= 11 is 13.3. The highest BCUT2D eigenvalue weighted by molar-refractivity contribution is 9.10. The monoisotopic (exact) mass is 275 g/mol. The van der Waals surface area contributed by atoms with Crippen molar-refractivity contribution in [1.29, 1.82) is 0 Å². The first kappa shape index (κ1) is 10.5. The Morgan fingerprint density at radius 2 is 2.31 bits per heavy atom. The predicted octanol–water partition coefficient (Wildman–Crippen LogP) is 3.35. The summed E-state index contributed by atoms with van der Waals surface area (Å²) < 4.78 is 0.652. The van der Waals surface area contributed by atoms with Gasteiger partial charge in [-0.3, -0.25) is 4.79 Å². The van der Waals surface area contributed by atoms with Crippen molar-refractivity contribution in [2.24, 2.45) is 4.99 Å². The number of nitrogens with zero attached hydrogens (tertiary/aromatic N) is 1. The van der Waals surface area contributed by atoms with Crippen molar-refractivity contribution < 1.29 is 4.79 Å². The maximum absolute atomic E-state index is 11.2. The lowest BCUT2D eigenvalue weighted by molar-refractivity contribution is 0.100. The molecule has 0 radical (unpaired) electrons. The number of rotatable bonds is 1. The Morgan fingerprint density at radius 3 is 2.92 bits per heavy atom. The first-order chi connectivity index (χ1) is 6.16. The molecule has 0 N–H and O–H groups in total. The van der Waals surface area contributed by atoms with Crippen molar-refractivity contribution in [3.8, 4) is 0 Å². The van der Waals surface area contributed by atoms with Gasteiger partial charge in [-0.05, 0) is 40.3 Å². The van der Waals surface area contributed by atoms with E-state index in [1.54, 1.807) is 18.2 Å². The quantitative estimate of drug-likeness (QED) is 0.581. The third-order valence-electron chi connectivity index (χ3n) is 1.33. The van der Waals surface area contributed by atoms with E-state index in [1.165, 1.54) is 0 Å². The van der Waals surface area contributed by atoms with E-state index in [-0.39, 0.29) is 0 Å². The van der Waals surface area contributed by atoms with Gasteiger partial charge in [0.25, 0.3) is 5.91 Å². The molecule has 0 saturated carbocycles. The number of carbonyl (C=O) groups excluding carboxylic acids is 1. The van der Waals surface area contributed by atoms with Crippen molar-refractivity contribution in [3.05, 3.63) is 33.3 Å². The number of hydrogen-bond acceptors (Lipinski definition) is 2. The van der Waals surface area contributed by atoms with E-state index in [0.29, 0.717) is 15.1 Å². The second-order valence-electron chi connectivity index (χ2n) is 2.11. The summed E-state index contributed by atoms with van der Waals surface area (Å²) in [6, 6.07) is 5.01. The first-order valence-corrected chi connectivity index (χ1v) is 4.81. The number of hydrogen-bond donors (Lipinski definition) is 0. The molecule has 0 aliphatic heterocycles. The van der Waals surface area contributed by atoms with Gasteiger partial charge in [0.1, 0.15) is 0 Å². The van der Waals surface area contributed by atoms with Gasteiger partial charge in [-0.15, -0.1) is 0 Å². The molecule has 13 heavy (non-hydrogen) atoms. The zero-order valence-corrected chi connectivity index (χ0v) is 9.41. The molecule has 0 fully saturated rings. The van der Waals surface area contributed by atoms with Crippen LogP contribution in [0.15, 0.2) is 27.7 Å². The van der Waals surface area contributed by atoms with Gasteiger partial charge in [0.05, 0.1) is 15.7 Å². The first-order valence-electron chi connectivity index (χ1n) is 3.23. The molecule has 5 heteroatoms. The van der Waals surface area contributed by atoms with E-state index in [2.05, 4.69) is 33.1 Å². The molecular weight excluding hydrogens is 274 g/mol. The van der Waals surface area contributed by atoms with Crippen LogP contribution in [0, 0.1) is 0 Å². The minimum absolute atomic E-state index is 0.313. The molecule has 0 unspecified atom stereocenters. The van der Waals surface area contributed by atoms with Crippen LogP contribution in [0.25, 0.3) is 0 Å². The molecule has 0 aliphatic carbocycles. The standard InChI is InChI=1S/C8H3BrClNOS/c9-6-3-1-2-5(7(6)10)8(12)11-4-13/h1-3H. The van der Waals surface area contributed by atoms with E-state index < -0.39 is 5.91 Å². The topological polar surface area (TPSA) is 29.4 Å². The lowest BCUT2D eigenvalue weighted by Crippen LogP contribution is -1.95. The lowest BCUT2D eigenvalue weighted by atomic mass is 10.2. The Morgan fingerprint density at radius 1 is 1.62 bits per heavy atom. The van der Waals surface area contributed by atoms with Crippen LogP contribution in [0.2, 0.25) is 5.02 Å². The molecule has 1 rings (SSSR count). The van der Waals surface area contributed by atoms with Gasteiger partial charge in [-0.2, -0.15) is 4.99 Å². The van der Waals surface area contributed by atoms with E-state index >= 15 is 0 Å². The van der Waals surface area contributed by atoms with Crippen molar-refractivity contribution in [3.63, 3.8) is 0 Å². The molecule has 0 saturated heterocycles. The van der Waals surface area contributed by atoms with Gasteiger partial charge in [-0.1, -0.05) is 17.7 Å². The fourth-order valence-electron chi connectivity index (χ4n) is 0.771. The second kappa shape index (κ2) is 4.63. The van der Waals surface area contributed by atoms with Crippen molar-refractivity contribution >= 4 is 50.8 Å². The van der Waals surface area contributed by atoms with E-state index in [0.717, 1.165) is 0 Å². The largest absolute Gasteiger partial charge is 0.287 e. The number of carbonyl (C=O) groups is 1. The molecule has 1 aromatic rings. The summed E-state index contributed by atoms with van der Waals surface area (Å²) in [5, 5.41) is 2.33. The number of aliphatic imine (C=N–C) groups is 1. The predicted molar refractivity (Wildman–Crippen MR) is 58.5 cm³/mol. The Hall–Kier alpha value is -0.540. The van der Waals surface area contributed by atoms with Crippen LogP contribution < -0.4 is 0 Å². The fourth-order valence-corrected chi connectivity index (χ4v) is 1.43. The molecule has 0 atom stereocenters. The van der Waals surface area contributed by atoms with Gasteiger partial charge in [0, 0.05) is 4.47 Å². The molecule has 0 heterocycles. The van der Waals surface area contributed by atoms with Crippen LogP contribution in [-0.4, -0.2) is 11.1 Å².